The van der Waals surface area contributed by atoms with Crippen molar-refractivity contribution in [2.24, 2.45) is 11.7 Å². The normalized spacial score (nSPS) is 16.6. The van der Waals surface area contributed by atoms with E-state index in [-0.39, 0.29) is 0 Å². The van der Waals surface area contributed by atoms with Crippen molar-refractivity contribution in [2.75, 3.05) is 19.6 Å². The van der Waals surface area contributed by atoms with Crippen LogP contribution in [0.25, 0.3) is 0 Å². The molecule has 0 aliphatic heterocycles. The van der Waals surface area contributed by atoms with Gasteiger partial charge in [-0.1, -0.05) is 32.6 Å². The number of rotatable bonds is 7. The summed E-state index contributed by atoms with van der Waals surface area (Å²) in [6.45, 7) is 4.26. The van der Waals surface area contributed by atoms with Gasteiger partial charge in [-0.05, 0) is 18.8 Å². The van der Waals surface area contributed by atoms with E-state index >= 15 is 0 Å². The molecule has 0 spiro atoms. The number of carbonyl (C=O) groups is 1. The molecule has 0 aromatic carbocycles. The van der Waals surface area contributed by atoms with E-state index in [1.54, 1.807) is 0 Å². The lowest BCUT2D eigenvalue weighted by Gasteiger charge is -2.22. The van der Waals surface area contributed by atoms with Crippen molar-refractivity contribution >= 4 is 5.91 Å². The molecule has 16 heavy (non-hydrogen) atoms. The van der Waals surface area contributed by atoms with Crippen molar-refractivity contribution in [3.05, 3.63) is 0 Å². The first-order valence-electron chi connectivity index (χ1n) is 6.75. The van der Waals surface area contributed by atoms with Crippen LogP contribution >= 0.6 is 0 Å². The van der Waals surface area contributed by atoms with Gasteiger partial charge in [0.1, 0.15) is 0 Å². The molecular weight excluding hydrogens is 200 g/mol. The lowest BCUT2D eigenvalue weighted by molar-refractivity contribution is -0.131. The van der Waals surface area contributed by atoms with E-state index in [9.17, 15) is 4.79 Å². The lowest BCUT2D eigenvalue weighted by atomic mass is 10.0. The summed E-state index contributed by atoms with van der Waals surface area (Å²) < 4.78 is 0. The van der Waals surface area contributed by atoms with Gasteiger partial charge < -0.3 is 10.6 Å². The zero-order chi connectivity index (χ0) is 11.8. The largest absolute Gasteiger partial charge is 0.341 e. The number of nitrogens with two attached hydrogens (primary N) is 1. The fourth-order valence-electron chi connectivity index (χ4n) is 2.57. The van der Waals surface area contributed by atoms with Crippen LogP contribution in [0.15, 0.2) is 0 Å². The lowest BCUT2D eigenvalue weighted by Crippen LogP contribution is -2.36. The van der Waals surface area contributed by atoms with Gasteiger partial charge in [0.25, 0.3) is 0 Å². The first-order chi connectivity index (χ1) is 7.77. The molecule has 1 aliphatic rings. The van der Waals surface area contributed by atoms with Crippen LogP contribution in [-0.2, 0) is 4.79 Å². The van der Waals surface area contributed by atoms with Crippen molar-refractivity contribution in [1.29, 1.82) is 0 Å². The van der Waals surface area contributed by atoms with Crippen LogP contribution in [0.4, 0.5) is 0 Å². The molecule has 0 atom stereocenters. The Morgan fingerprint density at radius 3 is 2.56 bits per heavy atom. The first kappa shape index (κ1) is 13.5. The molecule has 3 heteroatoms. The Balaban J connectivity index is 2.24. The topological polar surface area (TPSA) is 46.3 Å². The molecule has 0 heterocycles. The minimum Gasteiger partial charge on any atom is -0.341 e. The van der Waals surface area contributed by atoms with Gasteiger partial charge in [0.15, 0.2) is 0 Å². The van der Waals surface area contributed by atoms with Gasteiger partial charge in [0.05, 0.1) is 0 Å². The molecule has 1 rings (SSSR count). The molecular formula is C13H26N2O. The third-order valence-electron chi connectivity index (χ3n) is 3.49. The summed E-state index contributed by atoms with van der Waals surface area (Å²) in [6, 6.07) is 0. The molecule has 1 saturated carbocycles. The highest BCUT2D eigenvalue weighted by Crippen LogP contribution is 2.28. The van der Waals surface area contributed by atoms with Crippen LogP contribution in [0.1, 0.15) is 51.9 Å². The molecule has 1 fully saturated rings. The maximum atomic E-state index is 12.0. The highest BCUT2D eigenvalue weighted by molar-refractivity contribution is 5.76. The quantitative estimate of drug-likeness (QED) is 0.723. The second kappa shape index (κ2) is 7.66. The van der Waals surface area contributed by atoms with Gasteiger partial charge in [-0.25, -0.2) is 0 Å². The molecule has 0 aromatic heterocycles. The molecule has 0 bridgehead atoms. The maximum absolute atomic E-state index is 12.0. The van der Waals surface area contributed by atoms with E-state index in [2.05, 4.69) is 6.92 Å². The number of hydrogen-bond donors (Lipinski definition) is 1. The van der Waals surface area contributed by atoms with Crippen molar-refractivity contribution in [1.82, 2.24) is 4.90 Å². The van der Waals surface area contributed by atoms with Gasteiger partial charge in [0.2, 0.25) is 5.91 Å². The van der Waals surface area contributed by atoms with E-state index in [0.29, 0.717) is 12.5 Å². The zero-order valence-corrected chi connectivity index (χ0v) is 10.6. The van der Waals surface area contributed by atoms with E-state index in [4.69, 9.17) is 5.73 Å². The van der Waals surface area contributed by atoms with Crippen molar-refractivity contribution in [2.45, 2.75) is 51.9 Å². The summed E-state index contributed by atoms with van der Waals surface area (Å²) >= 11 is 0. The van der Waals surface area contributed by atoms with Crippen molar-refractivity contribution < 1.29 is 4.79 Å². The molecule has 2 N–H and O–H groups in total. The van der Waals surface area contributed by atoms with Gasteiger partial charge in [-0.15, -0.1) is 0 Å². The van der Waals surface area contributed by atoms with Crippen LogP contribution in [0, 0.1) is 5.92 Å². The fourth-order valence-corrected chi connectivity index (χ4v) is 2.57. The summed E-state index contributed by atoms with van der Waals surface area (Å²) in [6.07, 6.45) is 8.22. The molecule has 1 aliphatic carbocycles. The Hall–Kier alpha value is -0.570. The molecule has 94 valence electrons. The van der Waals surface area contributed by atoms with Crippen molar-refractivity contribution in [3.63, 3.8) is 0 Å². The van der Waals surface area contributed by atoms with Gasteiger partial charge >= 0.3 is 0 Å². The van der Waals surface area contributed by atoms with Crippen LogP contribution < -0.4 is 5.73 Å². The second-order valence-electron chi connectivity index (χ2n) is 4.86. The average molecular weight is 226 g/mol. The highest BCUT2D eigenvalue weighted by Gasteiger charge is 2.18. The summed E-state index contributed by atoms with van der Waals surface area (Å²) in [5, 5.41) is 0. The molecule has 3 nitrogen and oxygen atoms in total. The van der Waals surface area contributed by atoms with E-state index < -0.39 is 0 Å². The SMILES string of the molecule is CCCN(CCN)C(=O)CCC1CCCC1. The predicted molar refractivity (Wildman–Crippen MR) is 67.1 cm³/mol. The summed E-state index contributed by atoms with van der Waals surface area (Å²) in [7, 11) is 0. The van der Waals surface area contributed by atoms with Gasteiger partial charge in [0, 0.05) is 26.1 Å². The summed E-state index contributed by atoms with van der Waals surface area (Å²) in [5.74, 6) is 1.12. The Labute approximate surface area is 99.4 Å². The second-order valence-corrected chi connectivity index (χ2v) is 4.86. The van der Waals surface area contributed by atoms with E-state index in [1.807, 2.05) is 4.90 Å². The monoisotopic (exact) mass is 226 g/mol. The number of hydrogen-bond acceptors (Lipinski definition) is 2. The minimum absolute atomic E-state index is 0.305. The Morgan fingerprint density at radius 1 is 1.31 bits per heavy atom. The molecule has 0 aromatic rings. The van der Waals surface area contributed by atoms with Gasteiger partial charge in [-0.3, -0.25) is 4.79 Å². The maximum Gasteiger partial charge on any atom is 0.222 e. The molecule has 0 unspecified atom stereocenters. The van der Waals surface area contributed by atoms with E-state index in [0.717, 1.165) is 38.3 Å². The predicted octanol–water partition coefficient (Wildman–Crippen LogP) is 2.15. The smallest absolute Gasteiger partial charge is 0.222 e. The van der Waals surface area contributed by atoms with E-state index in [1.165, 1.54) is 25.7 Å². The fraction of sp³-hybridized carbons (Fsp3) is 0.923. The van der Waals surface area contributed by atoms with Crippen LogP contribution in [0.2, 0.25) is 0 Å². The average Bonchev–Trinajstić information content (AvgIpc) is 2.78. The zero-order valence-electron chi connectivity index (χ0n) is 10.6. The molecule has 0 radical (unpaired) electrons. The number of carbonyl (C=O) groups excluding carboxylic acids is 1. The Kier molecular flexibility index (Phi) is 6.46. The van der Waals surface area contributed by atoms with Crippen molar-refractivity contribution in [3.8, 4) is 0 Å². The third kappa shape index (κ3) is 4.52. The summed E-state index contributed by atoms with van der Waals surface area (Å²) in [4.78, 5) is 13.9. The Morgan fingerprint density at radius 2 is 2.00 bits per heavy atom. The molecule has 1 amide bonds. The molecule has 0 saturated heterocycles. The number of amides is 1. The minimum atomic E-state index is 0.305. The van der Waals surface area contributed by atoms with Gasteiger partial charge in [-0.2, -0.15) is 0 Å². The number of nitrogens with zero attached hydrogens (tertiary/aromatic N) is 1. The Bertz CT molecular complexity index is 194. The summed E-state index contributed by atoms with van der Waals surface area (Å²) in [5.41, 5.74) is 5.52. The van der Waals surface area contributed by atoms with Crippen LogP contribution in [-0.4, -0.2) is 30.4 Å². The highest BCUT2D eigenvalue weighted by atomic mass is 16.2. The standard InChI is InChI=1S/C13H26N2O/c1-2-10-15(11-9-14)13(16)8-7-12-5-3-4-6-12/h12H,2-11,14H2,1H3. The van der Waals surface area contributed by atoms with Crippen LogP contribution in [0.5, 0.6) is 0 Å². The first-order valence-corrected chi connectivity index (χ1v) is 6.75. The third-order valence-corrected chi connectivity index (χ3v) is 3.49. The van der Waals surface area contributed by atoms with Crippen LogP contribution in [0.3, 0.4) is 0 Å².